The molecule has 0 bridgehead atoms. The molecule has 1 heterocycles. The largest absolute Gasteiger partial charge is 0.340 e. The molecule has 0 aliphatic rings. The number of para-hydroxylation sites is 1. The van der Waals surface area contributed by atoms with Gasteiger partial charge < -0.3 is 10.6 Å². The zero-order valence-corrected chi connectivity index (χ0v) is 14.7. The molecule has 5 nitrogen and oxygen atoms in total. The van der Waals surface area contributed by atoms with Gasteiger partial charge in [-0.15, -0.1) is 0 Å². The number of amides is 1. The Bertz CT molecular complexity index is 993. The van der Waals surface area contributed by atoms with Gasteiger partial charge in [0.1, 0.15) is 11.9 Å². The lowest BCUT2D eigenvalue weighted by molar-refractivity contribution is 0.102. The lowest BCUT2D eigenvalue weighted by Crippen LogP contribution is -2.13. The molecule has 1 aromatic heterocycles. The first-order valence-electron chi connectivity index (χ1n) is 7.86. The predicted molar refractivity (Wildman–Crippen MR) is 103 cm³/mol. The highest BCUT2D eigenvalue weighted by Gasteiger charge is 2.09. The number of hydrogen-bond acceptors (Lipinski definition) is 4. The van der Waals surface area contributed by atoms with Crippen LogP contribution in [0.2, 0.25) is 5.02 Å². The summed E-state index contributed by atoms with van der Waals surface area (Å²) in [5, 5.41) is 15.6. The molecule has 128 valence electrons. The van der Waals surface area contributed by atoms with Crippen LogP contribution >= 0.6 is 11.6 Å². The van der Waals surface area contributed by atoms with E-state index in [1.165, 1.54) is 6.20 Å². The van der Waals surface area contributed by atoms with Crippen LogP contribution in [0, 0.1) is 18.3 Å². The van der Waals surface area contributed by atoms with Crippen LogP contribution in [0.3, 0.4) is 0 Å². The maximum absolute atomic E-state index is 12.3. The summed E-state index contributed by atoms with van der Waals surface area (Å²) in [4.78, 5) is 16.6. The Morgan fingerprint density at radius 1 is 1.15 bits per heavy atom. The quantitative estimate of drug-likeness (QED) is 0.691. The van der Waals surface area contributed by atoms with Gasteiger partial charge in [0, 0.05) is 16.9 Å². The van der Waals surface area contributed by atoms with Crippen LogP contribution in [0.1, 0.15) is 21.5 Å². The highest BCUT2D eigenvalue weighted by atomic mass is 35.5. The molecule has 3 rings (SSSR count). The lowest BCUT2D eigenvalue weighted by Gasteiger charge is -2.09. The molecule has 26 heavy (non-hydrogen) atoms. The number of carbonyl (C=O) groups excluding carboxylic acids is 1. The third-order valence-electron chi connectivity index (χ3n) is 3.77. The van der Waals surface area contributed by atoms with Crippen molar-refractivity contribution < 1.29 is 4.79 Å². The van der Waals surface area contributed by atoms with Crippen molar-refractivity contribution in [1.82, 2.24) is 4.98 Å². The van der Waals surface area contributed by atoms with Gasteiger partial charge in [-0.1, -0.05) is 29.8 Å². The lowest BCUT2D eigenvalue weighted by atomic mass is 10.2. The average Bonchev–Trinajstić information content (AvgIpc) is 2.66. The third kappa shape index (κ3) is 4.00. The van der Waals surface area contributed by atoms with Crippen LogP contribution in [0.25, 0.3) is 0 Å². The number of hydrogen-bond donors (Lipinski definition) is 2. The average molecular weight is 363 g/mol. The van der Waals surface area contributed by atoms with Crippen molar-refractivity contribution in [3.8, 4) is 6.07 Å². The fourth-order valence-corrected chi connectivity index (χ4v) is 2.49. The Kier molecular flexibility index (Phi) is 5.16. The fourth-order valence-electron chi connectivity index (χ4n) is 2.30. The molecule has 0 radical (unpaired) electrons. The highest BCUT2D eigenvalue weighted by Crippen LogP contribution is 2.22. The van der Waals surface area contributed by atoms with Crippen LogP contribution in [-0.2, 0) is 0 Å². The van der Waals surface area contributed by atoms with E-state index in [0.29, 0.717) is 27.7 Å². The number of aromatic nitrogens is 1. The maximum Gasteiger partial charge on any atom is 0.257 e. The minimum absolute atomic E-state index is 0.329. The van der Waals surface area contributed by atoms with Crippen molar-refractivity contribution in [2.45, 2.75) is 6.92 Å². The predicted octanol–water partition coefficient (Wildman–Crippen LogP) is 4.91. The molecule has 2 N–H and O–H groups in total. The molecule has 0 saturated carbocycles. The molecule has 6 heteroatoms. The van der Waals surface area contributed by atoms with Gasteiger partial charge in [0.15, 0.2) is 0 Å². The van der Waals surface area contributed by atoms with Crippen molar-refractivity contribution in [1.29, 1.82) is 5.26 Å². The summed E-state index contributed by atoms with van der Waals surface area (Å²) in [7, 11) is 0. The monoisotopic (exact) mass is 362 g/mol. The first-order chi connectivity index (χ1) is 12.6. The number of carbonyl (C=O) groups is 1. The smallest absolute Gasteiger partial charge is 0.257 e. The van der Waals surface area contributed by atoms with E-state index in [4.69, 9.17) is 16.9 Å². The fraction of sp³-hybridized carbons (Fsp3) is 0.0500. The molecule has 0 atom stereocenters. The van der Waals surface area contributed by atoms with Crippen LogP contribution < -0.4 is 10.6 Å². The van der Waals surface area contributed by atoms with Gasteiger partial charge in [0.2, 0.25) is 0 Å². The number of benzene rings is 2. The Labute approximate surface area is 156 Å². The zero-order chi connectivity index (χ0) is 18.5. The normalized spacial score (nSPS) is 10.0. The van der Waals surface area contributed by atoms with Crippen LogP contribution in [0.4, 0.5) is 17.2 Å². The molecule has 3 aromatic rings. The SMILES string of the molecule is Cc1ccc(Nc2ccc(C(=O)Nc3ccccc3C#N)cn2)cc1Cl. The van der Waals surface area contributed by atoms with E-state index in [0.717, 1.165) is 11.3 Å². The van der Waals surface area contributed by atoms with Crippen molar-refractivity contribution in [3.63, 3.8) is 0 Å². The number of nitrogens with zero attached hydrogens (tertiary/aromatic N) is 2. The molecular weight excluding hydrogens is 348 g/mol. The molecule has 0 fully saturated rings. The van der Waals surface area contributed by atoms with Gasteiger partial charge in [0.05, 0.1) is 16.8 Å². The van der Waals surface area contributed by atoms with Gasteiger partial charge in [-0.2, -0.15) is 5.26 Å². The second-order valence-electron chi connectivity index (χ2n) is 5.63. The number of pyridine rings is 1. The molecule has 0 spiro atoms. The van der Waals surface area contributed by atoms with Gasteiger partial charge in [-0.05, 0) is 48.9 Å². The number of anilines is 3. The van der Waals surface area contributed by atoms with E-state index < -0.39 is 0 Å². The van der Waals surface area contributed by atoms with Crippen LogP contribution in [-0.4, -0.2) is 10.9 Å². The number of nitriles is 1. The van der Waals surface area contributed by atoms with Gasteiger partial charge >= 0.3 is 0 Å². The highest BCUT2D eigenvalue weighted by molar-refractivity contribution is 6.31. The van der Waals surface area contributed by atoms with Crippen molar-refractivity contribution in [2.24, 2.45) is 0 Å². The van der Waals surface area contributed by atoms with E-state index in [9.17, 15) is 4.79 Å². The molecule has 0 aliphatic heterocycles. The summed E-state index contributed by atoms with van der Waals surface area (Å²) in [5.41, 5.74) is 3.08. The van der Waals surface area contributed by atoms with E-state index in [-0.39, 0.29) is 5.91 Å². The molecular formula is C20H15ClN4O. The second kappa shape index (κ2) is 7.68. The summed E-state index contributed by atoms with van der Waals surface area (Å²) in [6, 6.07) is 17.9. The van der Waals surface area contributed by atoms with Crippen LogP contribution in [0.15, 0.2) is 60.8 Å². The summed E-state index contributed by atoms with van der Waals surface area (Å²) in [6.07, 6.45) is 1.47. The van der Waals surface area contributed by atoms with E-state index in [2.05, 4.69) is 15.6 Å². The number of halogens is 1. The van der Waals surface area contributed by atoms with E-state index >= 15 is 0 Å². The van der Waals surface area contributed by atoms with Gasteiger partial charge in [-0.25, -0.2) is 4.98 Å². The minimum Gasteiger partial charge on any atom is -0.340 e. The first kappa shape index (κ1) is 17.5. The first-order valence-corrected chi connectivity index (χ1v) is 8.24. The summed E-state index contributed by atoms with van der Waals surface area (Å²) < 4.78 is 0. The van der Waals surface area contributed by atoms with E-state index in [1.54, 1.807) is 36.4 Å². The Balaban J connectivity index is 1.71. The summed E-state index contributed by atoms with van der Waals surface area (Å²) >= 11 is 6.11. The zero-order valence-electron chi connectivity index (χ0n) is 14.0. The topological polar surface area (TPSA) is 77.8 Å². The summed E-state index contributed by atoms with van der Waals surface area (Å²) in [5.74, 6) is 0.268. The third-order valence-corrected chi connectivity index (χ3v) is 4.17. The maximum atomic E-state index is 12.3. The molecule has 0 aliphatic carbocycles. The second-order valence-corrected chi connectivity index (χ2v) is 6.04. The molecule has 2 aromatic carbocycles. The van der Waals surface area contributed by atoms with Crippen molar-refractivity contribution >= 4 is 34.7 Å². The summed E-state index contributed by atoms with van der Waals surface area (Å²) in [6.45, 7) is 1.93. The van der Waals surface area contributed by atoms with Crippen molar-refractivity contribution in [3.05, 3.63) is 82.5 Å². The van der Waals surface area contributed by atoms with Crippen molar-refractivity contribution in [2.75, 3.05) is 10.6 Å². The van der Waals surface area contributed by atoms with Crippen LogP contribution in [0.5, 0.6) is 0 Å². The number of rotatable bonds is 4. The molecule has 1 amide bonds. The van der Waals surface area contributed by atoms with Gasteiger partial charge in [0.25, 0.3) is 5.91 Å². The Morgan fingerprint density at radius 3 is 2.65 bits per heavy atom. The minimum atomic E-state index is -0.329. The Hall–Kier alpha value is -3.36. The Morgan fingerprint density at radius 2 is 1.96 bits per heavy atom. The molecule has 0 unspecified atom stereocenters. The van der Waals surface area contributed by atoms with E-state index in [1.807, 2.05) is 31.2 Å². The number of aryl methyl sites for hydroxylation is 1. The van der Waals surface area contributed by atoms with Gasteiger partial charge in [-0.3, -0.25) is 4.79 Å². The molecule has 0 saturated heterocycles. The number of nitrogens with one attached hydrogen (secondary N) is 2. The standard InChI is InChI=1S/C20H15ClN4O/c1-13-6-8-16(10-17(13)21)24-19-9-7-15(12-23-19)20(26)25-18-5-3-2-4-14(18)11-22/h2-10,12H,1H3,(H,23,24)(H,25,26).